The molecule has 7 nitrogen and oxygen atoms in total. The summed E-state index contributed by atoms with van der Waals surface area (Å²) < 4.78 is 13.4. The molecule has 36 heavy (non-hydrogen) atoms. The number of rotatable bonds is 10. The molecule has 0 unspecified atom stereocenters. The highest BCUT2D eigenvalue weighted by molar-refractivity contribution is 9.10. The zero-order chi connectivity index (χ0) is 26.1. The molecule has 3 rings (SSSR count). The first-order chi connectivity index (χ1) is 17.2. The van der Waals surface area contributed by atoms with Gasteiger partial charge in [0.05, 0.1) is 17.3 Å². The standard InChI is InChI=1S/C27H27Br2N3O4/c1-4-35-24-13-20(12-23(29)27(24)36-16-19-6-8-21(28)9-7-19)15-30-32-26(34)14-25(33)31-22-10-5-17(2)18(3)11-22/h5-13,15H,4,14,16H2,1-3H3,(H,31,33)(H,32,34). The summed E-state index contributed by atoms with van der Waals surface area (Å²) >= 11 is 6.96. The van der Waals surface area contributed by atoms with Crippen LogP contribution in [0.1, 0.15) is 35.6 Å². The SMILES string of the molecule is CCOc1cc(C=NNC(=O)CC(=O)Nc2ccc(C)c(C)c2)cc(Br)c1OCc1ccc(Br)cc1. The first-order valence-corrected chi connectivity index (χ1v) is 12.9. The van der Waals surface area contributed by atoms with Gasteiger partial charge in [-0.3, -0.25) is 9.59 Å². The van der Waals surface area contributed by atoms with Crippen LogP contribution >= 0.6 is 31.9 Å². The van der Waals surface area contributed by atoms with Crippen molar-refractivity contribution in [2.75, 3.05) is 11.9 Å². The Labute approximate surface area is 227 Å². The average Bonchev–Trinajstić information content (AvgIpc) is 2.82. The lowest BCUT2D eigenvalue weighted by molar-refractivity contribution is -0.126. The minimum Gasteiger partial charge on any atom is -0.490 e. The molecule has 0 saturated carbocycles. The van der Waals surface area contributed by atoms with Gasteiger partial charge in [0.2, 0.25) is 11.8 Å². The quantitative estimate of drug-likeness (QED) is 0.159. The van der Waals surface area contributed by atoms with E-state index >= 15 is 0 Å². The number of hydrazone groups is 1. The van der Waals surface area contributed by atoms with Crippen molar-refractivity contribution >= 4 is 55.6 Å². The maximum Gasteiger partial charge on any atom is 0.249 e. The maximum absolute atomic E-state index is 12.2. The van der Waals surface area contributed by atoms with Crippen LogP contribution in [0.15, 0.2) is 68.6 Å². The number of ether oxygens (including phenoxy) is 2. The van der Waals surface area contributed by atoms with Crippen LogP contribution in [0.3, 0.4) is 0 Å². The fourth-order valence-corrected chi connectivity index (χ4v) is 4.03. The van der Waals surface area contributed by atoms with Crippen molar-refractivity contribution in [2.45, 2.75) is 33.8 Å². The molecule has 2 amide bonds. The van der Waals surface area contributed by atoms with Crippen LogP contribution in [0.25, 0.3) is 0 Å². The molecule has 0 atom stereocenters. The number of hydrogen-bond donors (Lipinski definition) is 2. The van der Waals surface area contributed by atoms with Gasteiger partial charge in [0.25, 0.3) is 0 Å². The monoisotopic (exact) mass is 615 g/mol. The fraction of sp³-hybridized carbons (Fsp3) is 0.222. The Balaban J connectivity index is 1.59. The molecule has 3 aromatic carbocycles. The maximum atomic E-state index is 12.2. The molecule has 0 aliphatic rings. The number of anilines is 1. The molecule has 0 bridgehead atoms. The number of carbonyl (C=O) groups excluding carboxylic acids is 2. The van der Waals surface area contributed by atoms with Gasteiger partial charge < -0.3 is 14.8 Å². The molecule has 0 aromatic heterocycles. The Hall–Kier alpha value is -3.17. The van der Waals surface area contributed by atoms with E-state index in [2.05, 4.69) is 47.7 Å². The summed E-state index contributed by atoms with van der Waals surface area (Å²) in [5.74, 6) is 0.180. The molecular weight excluding hydrogens is 590 g/mol. The largest absolute Gasteiger partial charge is 0.490 e. The van der Waals surface area contributed by atoms with Crippen molar-refractivity contribution in [2.24, 2.45) is 5.10 Å². The Kier molecular flexibility index (Phi) is 10.1. The average molecular weight is 617 g/mol. The van der Waals surface area contributed by atoms with E-state index in [9.17, 15) is 9.59 Å². The van der Waals surface area contributed by atoms with Crippen molar-refractivity contribution in [1.29, 1.82) is 0 Å². The molecular formula is C27H27Br2N3O4. The van der Waals surface area contributed by atoms with E-state index in [-0.39, 0.29) is 6.42 Å². The Bertz CT molecular complexity index is 1260. The van der Waals surface area contributed by atoms with E-state index in [1.54, 1.807) is 12.1 Å². The predicted octanol–water partition coefficient (Wildman–Crippen LogP) is 6.29. The van der Waals surface area contributed by atoms with Crippen LogP contribution < -0.4 is 20.2 Å². The zero-order valence-corrected chi connectivity index (χ0v) is 23.4. The van der Waals surface area contributed by atoms with Crippen molar-refractivity contribution in [3.8, 4) is 11.5 Å². The highest BCUT2D eigenvalue weighted by Gasteiger charge is 2.13. The van der Waals surface area contributed by atoms with E-state index in [0.717, 1.165) is 21.2 Å². The summed E-state index contributed by atoms with van der Waals surface area (Å²) in [7, 11) is 0. The number of carbonyl (C=O) groups is 2. The normalized spacial score (nSPS) is 10.8. The molecule has 0 aliphatic heterocycles. The second-order valence-electron chi connectivity index (χ2n) is 8.00. The van der Waals surface area contributed by atoms with Crippen LogP contribution in [-0.2, 0) is 16.2 Å². The summed E-state index contributed by atoms with van der Waals surface area (Å²) in [6.07, 6.45) is 1.13. The topological polar surface area (TPSA) is 89.0 Å². The van der Waals surface area contributed by atoms with E-state index in [0.29, 0.717) is 40.4 Å². The Morgan fingerprint density at radius 1 is 0.944 bits per heavy atom. The second kappa shape index (κ2) is 13.2. The molecule has 0 heterocycles. The van der Waals surface area contributed by atoms with Gasteiger partial charge in [0, 0.05) is 10.2 Å². The van der Waals surface area contributed by atoms with E-state index < -0.39 is 11.8 Å². The van der Waals surface area contributed by atoms with Crippen molar-refractivity contribution in [3.05, 3.63) is 85.8 Å². The van der Waals surface area contributed by atoms with Gasteiger partial charge in [-0.2, -0.15) is 5.10 Å². The molecule has 0 radical (unpaired) electrons. The number of amides is 2. The van der Waals surface area contributed by atoms with Gasteiger partial charge in [-0.1, -0.05) is 34.1 Å². The number of nitrogens with one attached hydrogen (secondary N) is 2. The zero-order valence-electron chi connectivity index (χ0n) is 20.2. The number of halogens is 2. The summed E-state index contributed by atoms with van der Waals surface area (Å²) in [5.41, 5.74) is 6.92. The molecule has 9 heteroatoms. The van der Waals surface area contributed by atoms with E-state index in [1.165, 1.54) is 6.21 Å². The molecule has 0 fully saturated rings. The fourth-order valence-electron chi connectivity index (χ4n) is 3.19. The van der Waals surface area contributed by atoms with E-state index in [1.807, 2.05) is 63.2 Å². The van der Waals surface area contributed by atoms with Crippen LogP contribution in [0.5, 0.6) is 11.5 Å². The smallest absolute Gasteiger partial charge is 0.249 e. The van der Waals surface area contributed by atoms with E-state index in [4.69, 9.17) is 9.47 Å². The molecule has 188 valence electrons. The molecule has 0 spiro atoms. The number of benzene rings is 3. The number of aryl methyl sites for hydroxylation is 2. The Morgan fingerprint density at radius 2 is 1.69 bits per heavy atom. The van der Waals surface area contributed by atoms with Crippen molar-refractivity contribution < 1.29 is 19.1 Å². The third-order valence-corrected chi connectivity index (χ3v) is 6.26. The highest BCUT2D eigenvalue weighted by atomic mass is 79.9. The van der Waals surface area contributed by atoms with Gasteiger partial charge >= 0.3 is 0 Å². The van der Waals surface area contributed by atoms with Crippen LogP contribution in [0.2, 0.25) is 0 Å². The first kappa shape index (κ1) is 27.4. The third kappa shape index (κ3) is 8.20. The molecule has 2 N–H and O–H groups in total. The summed E-state index contributed by atoms with van der Waals surface area (Å²) in [6, 6.07) is 17.0. The number of nitrogens with zero attached hydrogens (tertiary/aromatic N) is 1. The summed E-state index contributed by atoms with van der Waals surface area (Å²) in [6.45, 7) is 6.67. The first-order valence-electron chi connectivity index (χ1n) is 11.3. The minimum absolute atomic E-state index is 0.346. The molecule has 3 aromatic rings. The van der Waals surface area contributed by atoms with Crippen molar-refractivity contribution in [3.63, 3.8) is 0 Å². The summed E-state index contributed by atoms with van der Waals surface area (Å²) in [4.78, 5) is 24.3. The van der Waals surface area contributed by atoms with Gasteiger partial charge in [0.15, 0.2) is 11.5 Å². The van der Waals surface area contributed by atoms with Gasteiger partial charge in [-0.05, 0) is 95.4 Å². The lowest BCUT2D eigenvalue weighted by atomic mass is 10.1. The van der Waals surface area contributed by atoms with Crippen LogP contribution in [-0.4, -0.2) is 24.6 Å². The van der Waals surface area contributed by atoms with Crippen molar-refractivity contribution in [1.82, 2.24) is 5.43 Å². The lowest BCUT2D eigenvalue weighted by Gasteiger charge is -2.14. The van der Waals surface area contributed by atoms with Crippen LogP contribution in [0.4, 0.5) is 5.69 Å². The van der Waals surface area contributed by atoms with Gasteiger partial charge in [-0.25, -0.2) is 5.43 Å². The highest BCUT2D eigenvalue weighted by Crippen LogP contribution is 2.37. The lowest BCUT2D eigenvalue weighted by Crippen LogP contribution is -2.24. The summed E-state index contributed by atoms with van der Waals surface area (Å²) in [5, 5.41) is 6.70. The molecule has 0 aliphatic carbocycles. The minimum atomic E-state index is -0.522. The Morgan fingerprint density at radius 3 is 2.39 bits per heavy atom. The molecule has 0 saturated heterocycles. The number of hydrogen-bond acceptors (Lipinski definition) is 5. The predicted molar refractivity (Wildman–Crippen MR) is 149 cm³/mol. The third-order valence-electron chi connectivity index (χ3n) is 5.14. The van der Waals surface area contributed by atoms with Gasteiger partial charge in [0.1, 0.15) is 13.0 Å². The second-order valence-corrected chi connectivity index (χ2v) is 9.77. The van der Waals surface area contributed by atoms with Gasteiger partial charge in [-0.15, -0.1) is 0 Å². The van der Waals surface area contributed by atoms with Crippen LogP contribution in [0, 0.1) is 13.8 Å².